The number of ether oxygens (including phenoxy) is 1. The first kappa shape index (κ1) is 19.0. The number of allylic oxidation sites excluding steroid dienone is 2. The first-order valence-electron chi connectivity index (χ1n) is 9.78. The Bertz CT molecular complexity index is 528. The first-order valence-corrected chi connectivity index (χ1v) is 9.78. The Balaban J connectivity index is 1.56. The summed E-state index contributed by atoms with van der Waals surface area (Å²) in [5, 5.41) is 0. The maximum atomic E-state index is 11.5. The van der Waals surface area contributed by atoms with Crippen LogP contribution in [0.15, 0.2) is 11.5 Å². The maximum absolute atomic E-state index is 11.5. The number of carbonyl (C=O) groups excluding carboxylic acids is 1. The lowest BCUT2D eigenvalue weighted by atomic mass is 9.60. The molecule has 140 valence electrons. The van der Waals surface area contributed by atoms with Gasteiger partial charge in [0.15, 0.2) is 0 Å². The van der Waals surface area contributed by atoms with Gasteiger partial charge in [0.05, 0.1) is 18.3 Å². The maximum Gasteiger partial charge on any atom is 0.490 e. The van der Waals surface area contributed by atoms with Crippen LogP contribution >= 0.6 is 0 Å². The molecule has 5 heteroatoms. The van der Waals surface area contributed by atoms with E-state index < -0.39 is 0 Å². The number of hydrogen-bond donors (Lipinski definition) is 0. The molecular weight excluding hydrogens is 315 g/mol. The van der Waals surface area contributed by atoms with Crippen molar-refractivity contribution in [3.05, 3.63) is 11.5 Å². The smallest absolute Gasteiger partial charge is 0.469 e. The summed E-state index contributed by atoms with van der Waals surface area (Å²) in [7, 11) is 1.30. The van der Waals surface area contributed by atoms with Gasteiger partial charge in [-0.15, -0.1) is 0 Å². The van der Waals surface area contributed by atoms with Crippen molar-refractivity contribution in [3.8, 4) is 0 Å². The number of hydrogen-bond acceptors (Lipinski definition) is 4. The molecule has 25 heavy (non-hydrogen) atoms. The Labute approximate surface area is 152 Å². The van der Waals surface area contributed by atoms with Crippen molar-refractivity contribution in [1.82, 2.24) is 0 Å². The Morgan fingerprint density at radius 2 is 1.76 bits per heavy atom. The van der Waals surface area contributed by atoms with Crippen LogP contribution in [0.5, 0.6) is 0 Å². The standard InChI is InChI=1S/C20H33BO4/c1-18(2)19(3,4)25-21(24-18)16-8-12-20(13-9-16)10-6-15(7-11-20)14-17(22)23-5/h8,15H,6-7,9-14H2,1-5H3. The fourth-order valence-electron chi connectivity index (χ4n) is 4.44. The van der Waals surface area contributed by atoms with Gasteiger partial charge in [-0.1, -0.05) is 6.08 Å². The van der Waals surface area contributed by atoms with Gasteiger partial charge < -0.3 is 14.0 Å². The Morgan fingerprint density at radius 3 is 2.24 bits per heavy atom. The van der Waals surface area contributed by atoms with E-state index in [1.807, 2.05) is 0 Å². The normalized spacial score (nSPS) is 34.0. The molecule has 1 spiro atoms. The molecule has 1 heterocycles. The predicted octanol–water partition coefficient (Wildman–Crippen LogP) is 4.47. The summed E-state index contributed by atoms with van der Waals surface area (Å²) in [4.78, 5) is 11.5. The molecule has 3 aliphatic rings. The predicted molar refractivity (Wildman–Crippen MR) is 99.0 cm³/mol. The summed E-state index contributed by atoms with van der Waals surface area (Å²) in [5.41, 5.74) is 1.22. The monoisotopic (exact) mass is 348 g/mol. The summed E-state index contributed by atoms with van der Waals surface area (Å²) >= 11 is 0. The van der Waals surface area contributed by atoms with E-state index in [0.29, 0.717) is 17.8 Å². The van der Waals surface area contributed by atoms with Crippen molar-refractivity contribution in [2.75, 3.05) is 7.11 Å². The molecule has 0 aromatic carbocycles. The van der Waals surface area contributed by atoms with Gasteiger partial charge in [0.1, 0.15) is 0 Å². The van der Waals surface area contributed by atoms with Gasteiger partial charge in [0.2, 0.25) is 0 Å². The fraction of sp³-hybridized carbons (Fsp3) is 0.850. The highest BCUT2D eigenvalue weighted by Gasteiger charge is 2.53. The highest BCUT2D eigenvalue weighted by atomic mass is 16.7. The highest BCUT2D eigenvalue weighted by molar-refractivity contribution is 6.54. The molecule has 2 fully saturated rings. The van der Waals surface area contributed by atoms with Crippen LogP contribution in [0.25, 0.3) is 0 Å². The molecule has 0 aromatic heterocycles. The lowest BCUT2D eigenvalue weighted by Crippen LogP contribution is -2.41. The molecule has 0 amide bonds. The van der Waals surface area contributed by atoms with Crippen LogP contribution in [-0.4, -0.2) is 31.4 Å². The van der Waals surface area contributed by atoms with Gasteiger partial charge in [-0.3, -0.25) is 4.79 Å². The van der Waals surface area contributed by atoms with Crippen LogP contribution < -0.4 is 0 Å². The largest absolute Gasteiger partial charge is 0.490 e. The molecule has 0 bridgehead atoms. The van der Waals surface area contributed by atoms with Crippen molar-refractivity contribution in [2.45, 2.75) is 90.3 Å². The molecule has 0 atom stereocenters. The highest BCUT2D eigenvalue weighted by Crippen LogP contribution is 2.50. The Kier molecular flexibility index (Phi) is 5.11. The second-order valence-corrected chi connectivity index (χ2v) is 9.30. The van der Waals surface area contributed by atoms with Gasteiger partial charge >= 0.3 is 13.1 Å². The third-order valence-electron chi connectivity index (χ3n) is 7.15. The molecule has 2 aliphatic carbocycles. The molecule has 1 saturated carbocycles. The van der Waals surface area contributed by atoms with Crippen LogP contribution in [0.3, 0.4) is 0 Å². The number of carbonyl (C=O) groups is 1. The van der Waals surface area contributed by atoms with E-state index in [1.165, 1.54) is 31.8 Å². The zero-order valence-electron chi connectivity index (χ0n) is 16.5. The fourth-order valence-corrected chi connectivity index (χ4v) is 4.44. The average molecular weight is 348 g/mol. The third-order valence-corrected chi connectivity index (χ3v) is 7.15. The molecule has 1 aliphatic heterocycles. The summed E-state index contributed by atoms with van der Waals surface area (Å²) in [6.07, 6.45) is 11.1. The second-order valence-electron chi connectivity index (χ2n) is 9.30. The van der Waals surface area contributed by atoms with Gasteiger partial charge in [0, 0.05) is 6.42 Å². The van der Waals surface area contributed by atoms with E-state index in [9.17, 15) is 4.79 Å². The zero-order chi connectivity index (χ0) is 18.3. The lowest BCUT2D eigenvalue weighted by Gasteiger charge is -2.42. The van der Waals surface area contributed by atoms with Crippen molar-refractivity contribution in [2.24, 2.45) is 11.3 Å². The molecule has 0 radical (unpaired) electrons. The Morgan fingerprint density at radius 1 is 1.16 bits per heavy atom. The second kappa shape index (κ2) is 6.73. The minimum Gasteiger partial charge on any atom is -0.469 e. The number of rotatable bonds is 3. The van der Waals surface area contributed by atoms with Crippen LogP contribution in [0.4, 0.5) is 0 Å². The average Bonchev–Trinajstić information content (AvgIpc) is 2.78. The summed E-state index contributed by atoms with van der Waals surface area (Å²) in [6, 6.07) is 0. The molecule has 3 rings (SSSR count). The van der Waals surface area contributed by atoms with Gasteiger partial charge in [-0.2, -0.15) is 0 Å². The van der Waals surface area contributed by atoms with Crippen molar-refractivity contribution in [3.63, 3.8) is 0 Å². The van der Waals surface area contributed by atoms with E-state index in [0.717, 1.165) is 25.7 Å². The zero-order valence-corrected chi connectivity index (χ0v) is 16.5. The van der Waals surface area contributed by atoms with Crippen molar-refractivity contribution < 1.29 is 18.8 Å². The lowest BCUT2D eigenvalue weighted by molar-refractivity contribution is -0.142. The molecule has 0 aromatic rings. The van der Waals surface area contributed by atoms with Crippen molar-refractivity contribution >= 4 is 13.1 Å². The SMILES string of the molecule is COC(=O)CC1CCC2(CC=C(B3OC(C)(C)C(C)(C)O3)CC2)CC1. The van der Waals surface area contributed by atoms with E-state index >= 15 is 0 Å². The van der Waals surface area contributed by atoms with E-state index in [1.54, 1.807) is 0 Å². The number of methoxy groups -OCH3 is 1. The molecule has 4 nitrogen and oxygen atoms in total. The van der Waals surface area contributed by atoms with Crippen LogP contribution in [0.1, 0.15) is 79.1 Å². The van der Waals surface area contributed by atoms with E-state index in [-0.39, 0.29) is 24.3 Å². The number of esters is 1. The van der Waals surface area contributed by atoms with Gasteiger partial charge in [0.25, 0.3) is 0 Å². The third kappa shape index (κ3) is 3.82. The molecular formula is C20H33BO4. The topological polar surface area (TPSA) is 44.8 Å². The van der Waals surface area contributed by atoms with Gasteiger partial charge in [-0.05, 0) is 89.4 Å². The van der Waals surface area contributed by atoms with Gasteiger partial charge in [-0.25, -0.2) is 0 Å². The van der Waals surface area contributed by atoms with Crippen LogP contribution in [0, 0.1) is 11.3 Å². The summed E-state index contributed by atoms with van der Waals surface area (Å²) in [6.45, 7) is 8.45. The first-order chi connectivity index (χ1) is 11.7. The van der Waals surface area contributed by atoms with Crippen LogP contribution in [0.2, 0.25) is 0 Å². The quantitative estimate of drug-likeness (QED) is 0.558. The van der Waals surface area contributed by atoms with Crippen LogP contribution in [-0.2, 0) is 18.8 Å². The minimum atomic E-state index is -0.264. The summed E-state index contributed by atoms with van der Waals surface area (Å²) < 4.78 is 17.2. The molecule has 1 saturated heterocycles. The molecule has 0 unspecified atom stereocenters. The Hall–Kier alpha value is -0.805. The molecule has 0 N–H and O–H groups in total. The van der Waals surface area contributed by atoms with E-state index in [4.69, 9.17) is 14.0 Å². The summed E-state index contributed by atoms with van der Waals surface area (Å²) in [5.74, 6) is 0.444. The van der Waals surface area contributed by atoms with E-state index in [2.05, 4.69) is 33.8 Å². The minimum absolute atomic E-state index is 0.0625. The van der Waals surface area contributed by atoms with Crippen molar-refractivity contribution in [1.29, 1.82) is 0 Å².